The highest BCUT2D eigenvalue weighted by Gasteiger charge is 2.24. The van der Waals surface area contributed by atoms with Gasteiger partial charge < -0.3 is 20.2 Å². The number of furan rings is 1. The van der Waals surface area contributed by atoms with Gasteiger partial charge in [0, 0.05) is 28.9 Å². The van der Waals surface area contributed by atoms with Gasteiger partial charge in [-0.3, -0.25) is 4.68 Å². The Balaban J connectivity index is 1.31. The molecule has 0 atom stereocenters. The van der Waals surface area contributed by atoms with E-state index in [1.807, 2.05) is 48.8 Å². The molecular weight excluding hydrogens is 458 g/mol. The van der Waals surface area contributed by atoms with Crippen LogP contribution < -0.4 is 15.8 Å². The second-order valence-electron chi connectivity index (χ2n) is 8.88. The maximum absolute atomic E-state index is 6.33. The van der Waals surface area contributed by atoms with Crippen molar-refractivity contribution in [3.05, 3.63) is 67.1 Å². The minimum atomic E-state index is 0.367. The summed E-state index contributed by atoms with van der Waals surface area (Å²) in [6.45, 7) is 2.04. The Hall–Kier alpha value is -3.75. The van der Waals surface area contributed by atoms with Crippen LogP contribution in [-0.2, 0) is 0 Å². The van der Waals surface area contributed by atoms with Crippen LogP contribution >= 0.6 is 11.8 Å². The average molecular weight is 482 g/mol. The zero-order valence-electron chi connectivity index (χ0n) is 18.9. The normalized spacial score (nSPS) is 15.5. The zero-order valence-corrected chi connectivity index (χ0v) is 19.7. The lowest BCUT2D eigenvalue weighted by Gasteiger charge is -2.22. The van der Waals surface area contributed by atoms with Gasteiger partial charge in [0.25, 0.3) is 0 Å². The van der Waals surface area contributed by atoms with Gasteiger partial charge in [0.2, 0.25) is 0 Å². The van der Waals surface area contributed by atoms with Crippen LogP contribution in [0.5, 0.6) is 11.5 Å². The van der Waals surface area contributed by atoms with Gasteiger partial charge in [0.15, 0.2) is 17.2 Å². The zero-order chi connectivity index (χ0) is 23.4. The van der Waals surface area contributed by atoms with E-state index in [0.29, 0.717) is 23.2 Å². The fourth-order valence-corrected chi connectivity index (χ4v) is 5.88. The fourth-order valence-electron chi connectivity index (χ4n) is 4.90. The summed E-state index contributed by atoms with van der Waals surface area (Å²) in [5.74, 6) is 2.71. The van der Waals surface area contributed by atoms with Gasteiger partial charge in [-0.15, -0.1) is 0 Å². The van der Waals surface area contributed by atoms with E-state index in [0.717, 1.165) is 69.3 Å². The van der Waals surface area contributed by atoms with Crippen molar-refractivity contribution >= 4 is 28.5 Å². The summed E-state index contributed by atoms with van der Waals surface area (Å²) in [5, 5.41) is 8.99. The number of ether oxygens (including phenoxy) is 1. The molecule has 7 nitrogen and oxygen atoms in total. The first kappa shape index (κ1) is 20.6. The van der Waals surface area contributed by atoms with Gasteiger partial charge in [-0.1, -0.05) is 30.0 Å². The lowest BCUT2D eigenvalue weighted by atomic mass is 10.1. The standard InChI is InChI=1S/C27H23N5O2S/c28-27-26-19(20(14-30-27)16-13-31-32(15-16)17-8-10-29-11-9-17)12-22(34-26)18-4-3-7-24-25(18)33-21-5-1-2-6-23(21)35-24/h1-7,12-15,17,29H,8-11H2,(H2,28,30). The van der Waals surface area contributed by atoms with Crippen molar-refractivity contribution in [1.29, 1.82) is 0 Å². The molecule has 0 amide bonds. The SMILES string of the molecule is Nc1ncc(-c2cnn(C3CCNCC3)c2)c2cc(-c3cccc4c3Oc3ccccc3S4)oc12. The van der Waals surface area contributed by atoms with E-state index in [1.165, 1.54) is 0 Å². The number of para-hydroxylation sites is 2. The summed E-state index contributed by atoms with van der Waals surface area (Å²) in [7, 11) is 0. The number of benzene rings is 2. The predicted octanol–water partition coefficient (Wildman–Crippen LogP) is 6.12. The largest absolute Gasteiger partial charge is 0.454 e. The molecule has 1 fully saturated rings. The van der Waals surface area contributed by atoms with Gasteiger partial charge in [-0.25, -0.2) is 4.98 Å². The maximum Gasteiger partial charge on any atom is 0.177 e. The molecule has 0 aliphatic carbocycles. The van der Waals surface area contributed by atoms with E-state index in [2.05, 4.69) is 38.4 Å². The first-order valence-electron chi connectivity index (χ1n) is 11.8. The van der Waals surface area contributed by atoms with Crippen molar-refractivity contribution in [1.82, 2.24) is 20.1 Å². The first-order chi connectivity index (χ1) is 17.2. The molecule has 7 rings (SSSR count). The number of pyridine rings is 1. The van der Waals surface area contributed by atoms with E-state index >= 15 is 0 Å². The van der Waals surface area contributed by atoms with Crippen LogP contribution in [0.1, 0.15) is 18.9 Å². The average Bonchev–Trinajstić information content (AvgIpc) is 3.57. The van der Waals surface area contributed by atoms with E-state index in [9.17, 15) is 0 Å². The summed E-state index contributed by atoms with van der Waals surface area (Å²) < 4.78 is 14.7. The molecule has 2 aliphatic heterocycles. The van der Waals surface area contributed by atoms with Crippen LogP contribution in [0.2, 0.25) is 0 Å². The summed E-state index contributed by atoms with van der Waals surface area (Å²) in [6, 6.07) is 16.6. The Morgan fingerprint density at radius 3 is 2.77 bits per heavy atom. The highest BCUT2D eigenvalue weighted by atomic mass is 32.2. The molecule has 8 heteroatoms. The molecule has 0 unspecified atom stereocenters. The molecule has 1 saturated heterocycles. The summed E-state index contributed by atoms with van der Waals surface area (Å²) >= 11 is 1.70. The molecule has 0 radical (unpaired) electrons. The van der Waals surface area contributed by atoms with E-state index in [1.54, 1.807) is 11.8 Å². The smallest absolute Gasteiger partial charge is 0.177 e. The quantitative estimate of drug-likeness (QED) is 0.314. The Morgan fingerprint density at radius 1 is 1.00 bits per heavy atom. The molecule has 3 N–H and O–H groups in total. The van der Waals surface area contributed by atoms with Gasteiger partial charge in [-0.05, 0) is 56.3 Å². The van der Waals surface area contributed by atoms with Gasteiger partial charge in [-0.2, -0.15) is 5.10 Å². The van der Waals surface area contributed by atoms with Gasteiger partial charge >= 0.3 is 0 Å². The third-order valence-corrected chi connectivity index (χ3v) is 7.81. The monoisotopic (exact) mass is 481 g/mol. The second-order valence-corrected chi connectivity index (χ2v) is 9.97. The van der Waals surface area contributed by atoms with Crippen molar-refractivity contribution < 1.29 is 9.15 Å². The fraction of sp³-hybridized carbons (Fsp3) is 0.185. The highest BCUT2D eigenvalue weighted by Crippen LogP contribution is 2.51. The summed E-state index contributed by atoms with van der Waals surface area (Å²) in [6.07, 6.45) is 7.97. The number of nitrogens with one attached hydrogen (secondary N) is 1. The van der Waals surface area contributed by atoms with Crippen molar-refractivity contribution in [2.24, 2.45) is 0 Å². The molecule has 174 valence electrons. The number of rotatable bonds is 3. The van der Waals surface area contributed by atoms with Crippen molar-refractivity contribution in [2.45, 2.75) is 28.7 Å². The molecule has 0 saturated carbocycles. The minimum Gasteiger partial charge on any atom is -0.454 e. The number of anilines is 1. The maximum atomic E-state index is 6.33. The minimum absolute atomic E-state index is 0.367. The molecule has 0 spiro atoms. The van der Waals surface area contributed by atoms with Crippen LogP contribution in [0.3, 0.4) is 0 Å². The summed E-state index contributed by atoms with van der Waals surface area (Å²) in [4.78, 5) is 6.58. The van der Waals surface area contributed by atoms with Gasteiger partial charge in [0.05, 0.1) is 27.6 Å². The van der Waals surface area contributed by atoms with Crippen LogP contribution in [0.15, 0.2) is 81.3 Å². The number of fused-ring (bicyclic) bond motifs is 3. The van der Waals surface area contributed by atoms with E-state index in [4.69, 9.17) is 14.9 Å². The number of nitrogens with two attached hydrogens (primary N) is 1. The molecule has 5 heterocycles. The number of nitrogens with zero attached hydrogens (tertiary/aromatic N) is 3. The number of hydrogen-bond donors (Lipinski definition) is 2. The third-order valence-electron chi connectivity index (χ3n) is 6.71. The second kappa shape index (κ2) is 8.18. The Labute approximate surface area is 206 Å². The molecule has 2 aromatic carbocycles. The number of aromatic nitrogens is 3. The van der Waals surface area contributed by atoms with Crippen LogP contribution in [0, 0.1) is 0 Å². The Bertz CT molecular complexity index is 1570. The van der Waals surface area contributed by atoms with Crippen LogP contribution in [0.25, 0.3) is 33.4 Å². The first-order valence-corrected chi connectivity index (χ1v) is 12.6. The molecule has 3 aromatic heterocycles. The van der Waals surface area contributed by atoms with Crippen molar-refractivity contribution in [3.8, 4) is 33.9 Å². The molecule has 0 bridgehead atoms. The van der Waals surface area contributed by atoms with E-state index in [-0.39, 0.29) is 0 Å². The molecule has 5 aromatic rings. The topological polar surface area (TPSA) is 91.1 Å². The predicted molar refractivity (Wildman–Crippen MR) is 137 cm³/mol. The summed E-state index contributed by atoms with van der Waals surface area (Å²) in [5.41, 5.74) is 9.67. The lowest BCUT2D eigenvalue weighted by molar-refractivity contribution is 0.343. The molecule has 35 heavy (non-hydrogen) atoms. The van der Waals surface area contributed by atoms with Crippen LogP contribution in [0.4, 0.5) is 5.82 Å². The van der Waals surface area contributed by atoms with Crippen molar-refractivity contribution in [2.75, 3.05) is 18.8 Å². The van der Waals surface area contributed by atoms with Crippen molar-refractivity contribution in [3.63, 3.8) is 0 Å². The number of nitrogen functional groups attached to an aromatic ring is 1. The third kappa shape index (κ3) is 3.48. The molecular formula is C27H23N5O2S. The van der Waals surface area contributed by atoms with Gasteiger partial charge in [0.1, 0.15) is 11.5 Å². The van der Waals surface area contributed by atoms with E-state index < -0.39 is 0 Å². The van der Waals surface area contributed by atoms with Crippen LogP contribution in [-0.4, -0.2) is 27.9 Å². The lowest BCUT2D eigenvalue weighted by Crippen LogP contribution is -2.29. The Morgan fingerprint density at radius 2 is 1.86 bits per heavy atom. The highest BCUT2D eigenvalue weighted by molar-refractivity contribution is 7.99. The molecule has 2 aliphatic rings. The Kier molecular flexibility index (Phi) is 4.82. The number of hydrogen-bond acceptors (Lipinski definition) is 7. The number of piperidine rings is 1.